The third kappa shape index (κ3) is 4.88. The van der Waals surface area contributed by atoms with E-state index in [0.717, 1.165) is 6.92 Å². The normalized spacial score (nSPS) is 40.0. The van der Waals surface area contributed by atoms with Crippen LogP contribution in [0.1, 0.15) is 65.3 Å². The van der Waals surface area contributed by atoms with Gasteiger partial charge in [-0.2, -0.15) is 0 Å². The number of nitrogens with one attached hydrogen (secondary N) is 1. The maximum absolute atomic E-state index is 14.3. The molecule has 1 aliphatic heterocycles. The molecule has 0 aromatic carbocycles. The van der Waals surface area contributed by atoms with Crippen LogP contribution in [0, 0.1) is 16.7 Å². The van der Waals surface area contributed by atoms with Gasteiger partial charge < -0.3 is 45.1 Å². The molecular weight excluding hydrogens is 610 g/mol. The van der Waals surface area contributed by atoms with Crippen LogP contribution in [0.15, 0.2) is 28.7 Å². The first-order chi connectivity index (χ1) is 20.8. The Morgan fingerprint density at radius 3 is 2.33 bits per heavy atom. The van der Waals surface area contributed by atoms with E-state index in [1.807, 2.05) is 0 Å². The fourth-order valence-electron chi connectivity index (χ4n) is 8.14. The topological polar surface area (TPSA) is 209 Å². The standard InChI is InChI=1S/C31H41NO12S/c1-13-16(44-27(39)23(37)21(32-14(2)33)17-8-7-9-45-17)11-31(41)26(43-15(3)34)24-29(6,18(35)10-19-30(24,40)12-42-19)25(38)22(36)20(13)28(31,4)5/h7-9,16,18-19,21-24,26,35-37,40-41H,10-12H2,1-6H3,(H,32,33)/t16-,18-,19+,21-,22+,23+,24-,26-,29+,30-,31+/m0/s1. The minimum atomic E-state index is -2.20. The molecule has 1 aromatic heterocycles. The van der Waals surface area contributed by atoms with Crippen LogP contribution in [0.5, 0.6) is 0 Å². The third-order valence-electron chi connectivity index (χ3n) is 10.7. The van der Waals surface area contributed by atoms with Crippen molar-refractivity contribution in [2.24, 2.45) is 16.7 Å². The molecule has 0 radical (unpaired) electrons. The SMILES string of the molecule is CC(=O)N[C@@H](c1cccs1)[C@@H](O)C(=O)O[C@H]1C[C@@]2(O)[C@@H](OC(C)=O)[C@@H]3[C@]4(O)CO[C@@H]4C[C@H](O)[C@@]3(C)C(=O)[C@H](O)C(=C1C)C2(C)C. The molecule has 11 atom stereocenters. The first-order valence-corrected chi connectivity index (χ1v) is 15.7. The monoisotopic (exact) mass is 651 g/mol. The predicted molar refractivity (Wildman–Crippen MR) is 156 cm³/mol. The Balaban J connectivity index is 1.63. The van der Waals surface area contributed by atoms with Crippen molar-refractivity contribution in [3.63, 3.8) is 0 Å². The number of carbonyl (C=O) groups is 4. The van der Waals surface area contributed by atoms with E-state index in [-0.39, 0.29) is 24.2 Å². The van der Waals surface area contributed by atoms with Crippen molar-refractivity contribution in [1.29, 1.82) is 0 Å². The molecule has 2 bridgehead atoms. The van der Waals surface area contributed by atoms with Crippen LogP contribution in [-0.2, 0) is 33.4 Å². The summed E-state index contributed by atoms with van der Waals surface area (Å²) in [6, 6.07) is 2.16. The second-order valence-electron chi connectivity index (χ2n) is 13.5. The van der Waals surface area contributed by atoms with Crippen LogP contribution in [0.2, 0.25) is 0 Å². The Labute approximate surface area is 264 Å². The highest BCUT2D eigenvalue weighted by Gasteiger charge is 2.76. The molecule has 2 saturated carbocycles. The molecule has 0 unspecified atom stereocenters. The molecule has 0 spiro atoms. The van der Waals surface area contributed by atoms with Gasteiger partial charge in [-0.3, -0.25) is 14.4 Å². The fraction of sp³-hybridized carbons (Fsp3) is 0.677. The first kappa shape index (κ1) is 33.6. The molecule has 45 heavy (non-hydrogen) atoms. The highest BCUT2D eigenvalue weighted by molar-refractivity contribution is 7.10. The van der Waals surface area contributed by atoms with Crippen molar-refractivity contribution in [2.45, 2.75) is 108 Å². The van der Waals surface area contributed by atoms with Gasteiger partial charge in [-0.1, -0.05) is 19.9 Å². The van der Waals surface area contributed by atoms with E-state index >= 15 is 0 Å². The number of fused-ring (bicyclic) bond motifs is 5. The number of esters is 2. The number of Topliss-reactive ketones (excluding diaryl/α,β-unsaturated/α-hetero) is 1. The lowest BCUT2D eigenvalue weighted by molar-refractivity contribution is -0.345. The van der Waals surface area contributed by atoms with Crippen LogP contribution in [0.25, 0.3) is 0 Å². The summed E-state index contributed by atoms with van der Waals surface area (Å²) in [5, 5.41) is 63.1. The van der Waals surface area contributed by atoms with Crippen LogP contribution in [0.4, 0.5) is 0 Å². The molecule has 3 aliphatic carbocycles. The molecule has 1 saturated heterocycles. The van der Waals surface area contributed by atoms with Crippen molar-refractivity contribution in [1.82, 2.24) is 5.32 Å². The number of amides is 1. The molecule has 1 aromatic rings. The number of aliphatic hydroxyl groups is 5. The second kappa shape index (κ2) is 11.2. The number of aliphatic hydroxyl groups excluding tert-OH is 3. The number of ether oxygens (including phenoxy) is 3. The largest absolute Gasteiger partial charge is 0.459 e. The van der Waals surface area contributed by atoms with E-state index in [9.17, 15) is 44.7 Å². The van der Waals surface area contributed by atoms with Crippen molar-refractivity contribution < 1.29 is 58.9 Å². The third-order valence-corrected chi connectivity index (χ3v) is 11.6. The number of ketones is 1. The second-order valence-corrected chi connectivity index (χ2v) is 14.5. The van der Waals surface area contributed by atoms with Gasteiger partial charge in [-0.05, 0) is 36.4 Å². The quantitative estimate of drug-likeness (QED) is 0.178. The lowest BCUT2D eigenvalue weighted by Crippen LogP contribution is -2.81. The highest BCUT2D eigenvalue weighted by atomic mass is 32.1. The van der Waals surface area contributed by atoms with Gasteiger partial charge in [0.1, 0.15) is 35.6 Å². The number of thiophene rings is 1. The maximum atomic E-state index is 14.3. The molecular formula is C31H41NO12S. The van der Waals surface area contributed by atoms with E-state index in [1.54, 1.807) is 31.4 Å². The molecule has 4 aliphatic rings. The summed E-state index contributed by atoms with van der Waals surface area (Å²) in [5.41, 5.74) is -7.21. The molecule has 14 heteroatoms. The van der Waals surface area contributed by atoms with Gasteiger partial charge in [-0.15, -0.1) is 11.3 Å². The Morgan fingerprint density at radius 1 is 1.13 bits per heavy atom. The minimum absolute atomic E-state index is 0.00629. The molecule has 248 valence electrons. The zero-order valence-electron chi connectivity index (χ0n) is 26.0. The molecule has 2 heterocycles. The summed E-state index contributed by atoms with van der Waals surface area (Å²) < 4.78 is 17.1. The zero-order chi connectivity index (χ0) is 33.4. The van der Waals surface area contributed by atoms with E-state index in [1.165, 1.54) is 32.1 Å². The van der Waals surface area contributed by atoms with Gasteiger partial charge in [0.25, 0.3) is 0 Å². The molecule has 5 rings (SSSR count). The number of rotatable bonds is 6. The van der Waals surface area contributed by atoms with Crippen LogP contribution < -0.4 is 5.32 Å². The van der Waals surface area contributed by atoms with Crippen molar-refractivity contribution in [2.75, 3.05) is 6.61 Å². The lowest BCUT2D eigenvalue weighted by Gasteiger charge is -2.66. The summed E-state index contributed by atoms with van der Waals surface area (Å²) in [6.07, 6.45) is -9.72. The molecule has 6 N–H and O–H groups in total. The van der Waals surface area contributed by atoms with Gasteiger partial charge >= 0.3 is 11.9 Å². The van der Waals surface area contributed by atoms with Crippen molar-refractivity contribution in [3.8, 4) is 0 Å². The van der Waals surface area contributed by atoms with E-state index in [4.69, 9.17) is 14.2 Å². The summed E-state index contributed by atoms with van der Waals surface area (Å²) >= 11 is 1.20. The van der Waals surface area contributed by atoms with E-state index < -0.39 is 101 Å². The molecule has 13 nitrogen and oxygen atoms in total. The van der Waals surface area contributed by atoms with Crippen LogP contribution >= 0.6 is 11.3 Å². The van der Waals surface area contributed by atoms with Gasteiger partial charge in [0.2, 0.25) is 5.91 Å². The zero-order valence-corrected chi connectivity index (χ0v) is 26.8. The predicted octanol–water partition coefficient (Wildman–Crippen LogP) is 0.0678. The highest BCUT2D eigenvalue weighted by Crippen LogP contribution is 2.63. The van der Waals surface area contributed by atoms with Gasteiger partial charge in [-0.25, -0.2) is 4.79 Å². The number of carbonyl (C=O) groups excluding carboxylic acids is 4. The molecule has 1 amide bonds. The average Bonchev–Trinajstić information content (AvgIpc) is 3.48. The average molecular weight is 652 g/mol. The van der Waals surface area contributed by atoms with Crippen molar-refractivity contribution in [3.05, 3.63) is 33.5 Å². The van der Waals surface area contributed by atoms with E-state index in [0.29, 0.717) is 4.88 Å². The van der Waals surface area contributed by atoms with Gasteiger partial charge in [0, 0.05) is 42.9 Å². The first-order valence-electron chi connectivity index (χ1n) is 14.9. The van der Waals surface area contributed by atoms with Crippen molar-refractivity contribution >= 4 is 35.0 Å². The Hall–Kier alpha value is -2.72. The summed E-state index contributed by atoms with van der Waals surface area (Å²) in [5.74, 6) is -4.80. The fourth-order valence-corrected chi connectivity index (χ4v) is 8.94. The molecule has 3 fully saturated rings. The summed E-state index contributed by atoms with van der Waals surface area (Å²) in [4.78, 5) is 52.8. The van der Waals surface area contributed by atoms with E-state index in [2.05, 4.69) is 5.32 Å². The summed E-state index contributed by atoms with van der Waals surface area (Å²) in [7, 11) is 0. The lowest BCUT2D eigenvalue weighted by atomic mass is 9.45. The minimum Gasteiger partial charge on any atom is -0.459 e. The number of hydrogen-bond donors (Lipinski definition) is 6. The maximum Gasteiger partial charge on any atom is 0.338 e. The number of hydrogen-bond acceptors (Lipinski definition) is 13. The van der Waals surface area contributed by atoms with Crippen LogP contribution in [-0.4, -0.2) is 104 Å². The smallest absolute Gasteiger partial charge is 0.338 e. The summed E-state index contributed by atoms with van der Waals surface area (Å²) in [6.45, 7) is 8.06. The Bertz CT molecular complexity index is 1430. The van der Waals surface area contributed by atoms with Gasteiger partial charge in [0.05, 0.1) is 24.2 Å². The Morgan fingerprint density at radius 2 is 1.80 bits per heavy atom. The van der Waals surface area contributed by atoms with Gasteiger partial charge in [0.15, 0.2) is 11.9 Å². The Kier molecular flexibility index (Phi) is 8.38. The van der Waals surface area contributed by atoms with Crippen LogP contribution in [0.3, 0.4) is 0 Å².